The first-order chi connectivity index (χ1) is 25.2. The number of aliphatic hydroxyl groups excluding tert-OH is 2. The molecule has 0 fully saturated rings. The molecule has 0 heterocycles. The number of amides is 1. The van der Waals surface area contributed by atoms with E-state index in [1.165, 1.54) is 225 Å². The summed E-state index contributed by atoms with van der Waals surface area (Å²) in [5.74, 6) is -0.0245. The second-order valence-electron chi connectivity index (χ2n) is 16.5. The highest BCUT2D eigenvalue weighted by Gasteiger charge is 2.20. The van der Waals surface area contributed by atoms with E-state index in [0.29, 0.717) is 12.8 Å². The highest BCUT2D eigenvalue weighted by atomic mass is 16.3. The Kier molecular flexibility index (Phi) is 43.3. The molecule has 0 aromatic heterocycles. The van der Waals surface area contributed by atoms with Crippen LogP contribution in [-0.4, -0.2) is 34.9 Å². The van der Waals surface area contributed by atoms with Crippen molar-refractivity contribution in [1.82, 2.24) is 5.32 Å². The first-order valence-corrected chi connectivity index (χ1v) is 23.7. The summed E-state index contributed by atoms with van der Waals surface area (Å²) in [5.41, 5.74) is 0. The minimum Gasteiger partial charge on any atom is -0.394 e. The molecule has 0 aliphatic carbocycles. The van der Waals surface area contributed by atoms with Crippen LogP contribution < -0.4 is 5.32 Å². The normalized spacial score (nSPS) is 12.8. The van der Waals surface area contributed by atoms with Gasteiger partial charge in [0.05, 0.1) is 18.8 Å². The number of aliphatic hydroxyl groups is 2. The van der Waals surface area contributed by atoms with Crippen LogP contribution in [0, 0.1) is 0 Å². The van der Waals surface area contributed by atoms with E-state index in [1.54, 1.807) is 0 Å². The Morgan fingerprint density at radius 3 is 0.882 bits per heavy atom. The van der Waals surface area contributed by atoms with E-state index in [-0.39, 0.29) is 12.5 Å². The largest absolute Gasteiger partial charge is 0.394 e. The lowest BCUT2D eigenvalue weighted by Crippen LogP contribution is -2.45. The molecular formula is C47H95NO3. The average Bonchev–Trinajstić information content (AvgIpc) is 3.13. The van der Waals surface area contributed by atoms with Crippen molar-refractivity contribution >= 4 is 5.91 Å². The van der Waals surface area contributed by atoms with Gasteiger partial charge < -0.3 is 15.5 Å². The molecular weight excluding hydrogens is 627 g/mol. The van der Waals surface area contributed by atoms with Crippen molar-refractivity contribution in [3.63, 3.8) is 0 Å². The van der Waals surface area contributed by atoms with Gasteiger partial charge in [-0.25, -0.2) is 0 Å². The summed E-state index contributed by atoms with van der Waals surface area (Å²) in [6, 6.07) is -0.529. The molecule has 0 aromatic carbocycles. The van der Waals surface area contributed by atoms with E-state index in [9.17, 15) is 15.0 Å². The van der Waals surface area contributed by atoms with Gasteiger partial charge in [-0.15, -0.1) is 0 Å². The second kappa shape index (κ2) is 43.8. The minimum atomic E-state index is -0.653. The summed E-state index contributed by atoms with van der Waals surface area (Å²) in [5, 5.41) is 23.2. The first-order valence-electron chi connectivity index (χ1n) is 23.7. The van der Waals surface area contributed by atoms with Crippen molar-refractivity contribution in [2.45, 2.75) is 289 Å². The van der Waals surface area contributed by atoms with Crippen LogP contribution in [0.5, 0.6) is 0 Å². The predicted molar refractivity (Wildman–Crippen MR) is 226 cm³/mol. The summed E-state index contributed by atoms with van der Waals surface area (Å²) in [7, 11) is 0. The molecule has 0 saturated heterocycles. The quantitative estimate of drug-likeness (QED) is 0.0549. The molecule has 2 unspecified atom stereocenters. The maximum Gasteiger partial charge on any atom is 0.220 e. The Morgan fingerprint density at radius 2 is 0.627 bits per heavy atom. The molecule has 0 aliphatic heterocycles. The monoisotopic (exact) mass is 722 g/mol. The van der Waals surface area contributed by atoms with E-state index in [4.69, 9.17) is 0 Å². The van der Waals surface area contributed by atoms with Gasteiger partial charge in [-0.1, -0.05) is 258 Å². The molecule has 4 nitrogen and oxygen atoms in total. The lowest BCUT2D eigenvalue weighted by atomic mass is 10.0. The van der Waals surface area contributed by atoms with Crippen LogP contribution in [0.2, 0.25) is 0 Å². The number of carbonyl (C=O) groups excluding carboxylic acids is 1. The molecule has 0 saturated carbocycles. The van der Waals surface area contributed by atoms with Gasteiger partial charge in [-0.3, -0.25) is 4.79 Å². The molecule has 0 aromatic rings. The van der Waals surface area contributed by atoms with Crippen molar-refractivity contribution in [2.75, 3.05) is 6.61 Å². The van der Waals surface area contributed by atoms with Gasteiger partial charge in [0.25, 0.3) is 0 Å². The van der Waals surface area contributed by atoms with Crippen molar-refractivity contribution < 1.29 is 15.0 Å². The zero-order chi connectivity index (χ0) is 37.1. The standard InChI is InChI=1S/C47H95NO3/c1-3-5-7-9-11-13-15-17-19-21-23-25-26-28-30-32-34-36-38-40-42-46(50)45(44-49)48-47(51)43-41-39-37-35-33-31-29-27-24-22-20-18-16-14-12-10-8-6-4-2/h45-46,49-50H,3-44H2,1-2H3,(H,48,51). The van der Waals surface area contributed by atoms with Gasteiger partial charge in [-0.2, -0.15) is 0 Å². The van der Waals surface area contributed by atoms with Gasteiger partial charge in [0.2, 0.25) is 5.91 Å². The third-order valence-electron chi connectivity index (χ3n) is 11.4. The van der Waals surface area contributed by atoms with Crippen LogP contribution in [-0.2, 0) is 4.79 Å². The molecule has 0 rings (SSSR count). The summed E-state index contributed by atoms with van der Waals surface area (Å²) in [6.45, 7) is 4.39. The van der Waals surface area contributed by atoms with Gasteiger partial charge in [0.1, 0.15) is 0 Å². The summed E-state index contributed by atoms with van der Waals surface area (Å²) in [4.78, 5) is 12.4. The van der Waals surface area contributed by atoms with Gasteiger partial charge in [-0.05, 0) is 12.8 Å². The lowest BCUT2D eigenvalue weighted by Gasteiger charge is -2.22. The van der Waals surface area contributed by atoms with Gasteiger partial charge >= 0.3 is 0 Å². The first kappa shape index (κ1) is 50.4. The highest BCUT2D eigenvalue weighted by molar-refractivity contribution is 5.76. The SMILES string of the molecule is CCCCCCCCCCCCCCCCCCCCCCC(O)C(CO)NC(=O)CCCCCCCCCCCCCCCCCCCCC. The van der Waals surface area contributed by atoms with Gasteiger partial charge in [0.15, 0.2) is 0 Å². The Bertz CT molecular complexity index is 655. The number of rotatable bonds is 44. The Hall–Kier alpha value is -0.610. The molecule has 0 spiro atoms. The fourth-order valence-electron chi connectivity index (χ4n) is 7.72. The smallest absolute Gasteiger partial charge is 0.220 e. The molecule has 0 bridgehead atoms. The van der Waals surface area contributed by atoms with E-state index in [2.05, 4.69) is 19.2 Å². The molecule has 0 radical (unpaired) electrons. The number of hydrogen-bond donors (Lipinski definition) is 3. The second-order valence-corrected chi connectivity index (χ2v) is 16.5. The van der Waals surface area contributed by atoms with E-state index >= 15 is 0 Å². The third kappa shape index (κ3) is 40.4. The van der Waals surface area contributed by atoms with Crippen LogP contribution in [0.1, 0.15) is 277 Å². The van der Waals surface area contributed by atoms with E-state index in [1.807, 2.05) is 0 Å². The fourth-order valence-corrected chi connectivity index (χ4v) is 7.72. The van der Waals surface area contributed by atoms with Gasteiger partial charge in [0, 0.05) is 6.42 Å². The van der Waals surface area contributed by atoms with Crippen LogP contribution in [0.15, 0.2) is 0 Å². The maximum absolute atomic E-state index is 12.4. The Balaban J connectivity index is 3.45. The zero-order valence-electron chi connectivity index (χ0n) is 35.2. The van der Waals surface area contributed by atoms with Crippen LogP contribution in [0.3, 0.4) is 0 Å². The number of nitrogens with one attached hydrogen (secondary N) is 1. The van der Waals surface area contributed by atoms with Crippen molar-refractivity contribution in [3.8, 4) is 0 Å². The summed E-state index contributed by atoms with van der Waals surface area (Å²) >= 11 is 0. The molecule has 0 aliphatic rings. The molecule has 2 atom stereocenters. The fraction of sp³-hybridized carbons (Fsp3) is 0.979. The van der Waals surface area contributed by atoms with Crippen LogP contribution >= 0.6 is 0 Å². The zero-order valence-corrected chi connectivity index (χ0v) is 35.2. The molecule has 306 valence electrons. The van der Waals surface area contributed by atoms with E-state index in [0.717, 1.165) is 25.7 Å². The Morgan fingerprint density at radius 1 is 0.392 bits per heavy atom. The van der Waals surface area contributed by atoms with E-state index < -0.39 is 12.1 Å². The van der Waals surface area contributed by atoms with Crippen LogP contribution in [0.25, 0.3) is 0 Å². The molecule has 1 amide bonds. The average molecular weight is 722 g/mol. The molecule has 3 N–H and O–H groups in total. The summed E-state index contributed by atoms with van der Waals surface area (Å²) in [6.07, 6.45) is 53.3. The number of carbonyl (C=O) groups is 1. The number of hydrogen-bond acceptors (Lipinski definition) is 3. The van der Waals surface area contributed by atoms with Crippen molar-refractivity contribution in [2.24, 2.45) is 0 Å². The molecule has 4 heteroatoms. The topological polar surface area (TPSA) is 69.6 Å². The predicted octanol–water partition coefficient (Wildman–Crippen LogP) is 14.9. The summed E-state index contributed by atoms with van der Waals surface area (Å²) < 4.78 is 0. The molecule has 51 heavy (non-hydrogen) atoms. The van der Waals surface area contributed by atoms with Crippen LogP contribution in [0.4, 0.5) is 0 Å². The lowest BCUT2D eigenvalue weighted by molar-refractivity contribution is -0.123. The highest BCUT2D eigenvalue weighted by Crippen LogP contribution is 2.17. The Labute approximate surface area is 321 Å². The van der Waals surface area contributed by atoms with Crippen molar-refractivity contribution in [1.29, 1.82) is 0 Å². The third-order valence-corrected chi connectivity index (χ3v) is 11.4. The maximum atomic E-state index is 12.4. The number of unbranched alkanes of at least 4 members (excludes halogenated alkanes) is 37. The van der Waals surface area contributed by atoms with Crippen molar-refractivity contribution in [3.05, 3.63) is 0 Å². The minimum absolute atomic E-state index is 0.0245.